The smallest absolute Gasteiger partial charge is 0.226 e. The molecule has 0 aromatic heterocycles. The van der Waals surface area contributed by atoms with Gasteiger partial charge in [0.05, 0.1) is 13.6 Å². The SMILES string of the molecule is CCC[N+](C)(C1(C)CO1)C1(C)CO1. The van der Waals surface area contributed by atoms with Crippen LogP contribution in [-0.2, 0) is 9.47 Å². The van der Waals surface area contributed by atoms with Gasteiger partial charge in [-0.25, -0.2) is 0 Å². The number of nitrogens with zero attached hydrogens (tertiary/aromatic N) is 1. The fraction of sp³-hybridized carbons (Fsp3) is 1.00. The first kappa shape index (κ1) is 9.44. The van der Waals surface area contributed by atoms with Crippen molar-refractivity contribution in [3.8, 4) is 0 Å². The fourth-order valence-corrected chi connectivity index (χ4v) is 2.20. The molecule has 2 aliphatic rings. The summed E-state index contributed by atoms with van der Waals surface area (Å²) in [6.07, 6.45) is 1.18. The third-order valence-corrected chi connectivity index (χ3v) is 3.88. The third-order valence-electron chi connectivity index (χ3n) is 3.88. The Bertz CT molecular complexity index is 201. The molecule has 0 saturated carbocycles. The van der Waals surface area contributed by atoms with E-state index in [4.69, 9.17) is 9.47 Å². The highest BCUT2D eigenvalue weighted by Gasteiger charge is 2.69. The van der Waals surface area contributed by atoms with E-state index >= 15 is 0 Å². The zero-order valence-corrected chi connectivity index (χ0v) is 9.09. The molecule has 0 bridgehead atoms. The van der Waals surface area contributed by atoms with Crippen LogP contribution in [0.15, 0.2) is 0 Å². The van der Waals surface area contributed by atoms with Crippen LogP contribution in [0.4, 0.5) is 0 Å². The van der Waals surface area contributed by atoms with Gasteiger partial charge in [-0.05, 0) is 6.42 Å². The van der Waals surface area contributed by atoms with E-state index in [1.807, 2.05) is 0 Å². The molecule has 2 unspecified atom stereocenters. The summed E-state index contributed by atoms with van der Waals surface area (Å²) < 4.78 is 12.1. The Kier molecular flexibility index (Phi) is 1.79. The molecule has 13 heavy (non-hydrogen) atoms. The summed E-state index contributed by atoms with van der Waals surface area (Å²) in [6, 6.07) is 0. The zero-order chi connectivity index (χ0) is 9.74. The quantitative estimate of drug-likeness (QED) is 0.489. The van der Waals surface area contributed by atoms with Gasteiger partial charge in [0.1, 0.15) is 13.2 Å². The third kappa shape index (κ3) is 1.14. The van der Waals surface area contributed by atoms with E-state index in [1.54, 1.807) is 0 Å². The van der Waals surface area contributed by atoms with E-state index in [9.17, 15) is 0 Å². The number of hydrogen-bond acceptors (Lipinski definition) is 2. The Morgan fingerprint density at radius 1 is 1.15 bits per heavy atom. The lowest BCUT2D eigenvalue weighted by Gasteiger charge is -2.41. The highest BCUT2D eigenvalue weighted by atomic mass is 16.7. The molecule has 0 N–H and O–H groups in total. The maximum atomic E-state index is 5.57. The first-order valence-electron chi connectivity index (χ1n) is 5.11. The highest BCUT2D eigenvalue weighted by Crippen LogP contribution is 2.48. The van der Waals surface area contributed by atoms with Gasteiger partial charge in [-0.2, -0.15) is 0 Å². The Morgan fingerprint density at radius 2 is 1.54 bits per heavy atom. The molecule has 3 nitrogen and oxygen atoms in total. The predicted octanol–water partition coefficient (Wildman–Crippen LogP) is 1.34. The van der Waals surface area contributed by atoms with Crippen LogP contribution in [0.1, 0.15) is 27.2 Å². The first-order chi connectivity index (χ1) is 5.97. The molecule has 2 rings (SSSR count). The van der Waals surface area contributed by atoms with Crippen molar-refractivity contribution in [2.45, 2.75) is 38.6 Å². The molecule has 3 heteroatoms. The van der Waals surface area contributed by atoms with Crippen molar-refractivity contribution in [1.29, 1.82) is 0 Å². The van der Waals surface area contributed by atoms with Crippen LogP contribution in [-0.4, -0.2) is 42.7 Å². The van der Waals surface area contributed by atoms with Crippen molar-refractivity contribution in [3.05, 3.63) is 0 Å². The normalized spacial score (nSPS) is 47.1. The number of likely N-dealkylation sites (N-methyl/N-ethyl adjacent to an activating group) is 1. The number of rotatable bonds is 4. The van der Waals surface area contributed by atoms with Crippen LogP contribution in [0.2, 0.25) is 0 Å². The maximum Gasteiger partial charge on any atom is 0.226 e. The molecule has 76 valence electrons. The van der Waals surface area contributed by atoms with Gasteiger partial charge in [-0.1, -0.05) is 6.92 Å². The van der Waals surface area contributed by atoms with E-state index in [0.717, 1.165) is 24.2 Å². The Labute approximate surface area is 80.2 Å². The average Bonchev–Trinajstić information content (AvgIpc) is 2.92. The van der Waals surface area contributed by atoms with Gasteiger partial charge in [-0.15, -0.1) is 0 Å². The van der Waals surface area contributed by atoms with Crippen LogP contribution in [0, 0.1) is 0 Å². The molecular weight excluding hydrogens is 166 g/mol. The van der Waals surface area contributed by atoms with Crippen molar-refractivity contribution in [2.75, 3.05) is 26.8 Å². The summed E-state index contributed by atoms with van der Waals surface area (Å²) in [5, 5.41) is 0. The van der Waals surface area contributed by atoms with Crippen molar-refractivity contribution < 1.29 is 14.0 Å². The van der Waals surface area contributed by atoms with Gasteiger partial charge >= 0.3 is 0 Å². The lowest BCUT2D eigenvalue weighted by atomic mass is 10.1. The summed E-state index contributed by atoms with van der Waals surface area (Å²) in [5.41, 5.74) is 0.0303. The Morgan fingerprint density at radius 3 is 1.77 bits per heavy atom. The van der Waals surface area contributed by atoms with E-state index in [-0.39, 0.29) is 11.4 Å². The van der Waals surface area contributed by atoms with E-state index in [2.05, 4.69) is 27.8 Å². The Balaban J connectivity index is 2.20. The molecule has 2 heterocycles. The second-order valence-corrected chi connectivity index (χ2v) is 4.84. The molecular formula is C10H20NO2+. The molecule has 0 radical (unpaired) electrons. The number of hydrogen-bond donors (Lipinski definition) is 0. The van der Waals surface area contributed by atoms with E-state index in [1.165, 1.54) is 6.42 Å². The standard InChI is InChI=1S/C10H20NO2/c1-5-6-11(4,9(2)7-12-9)10(3)8-13-10/h5-8H2,1-4H3/q+1. The lowest BCUT2D eigenvalue weighted by molar-refractivity contribution is -0.992. The summed E-state index contributed by atoms with van der Waals surface area (Å²) in [5.74, 6) is 0. The van der Waals surface area contributed by atoms with Crippen molar-refractivity contribution in [1.82, 2.24) is 0 Å². The van der Waals surface area contributed by atoms with Crippen molar-refractivity contribution in [2.24, 2.45) is 0 Å². The second-order valence-electron chi connectivity index (χ2n) is 4.84. The largest absolute Gasteiger partial charge is 0.315 e. The number of ether oxygens (including phenoxy) is 2. The number of quaternary nitrogens is 1. The maximum absolute atomic E-state index is 5.57. The molecule has 0 aromatic carbocycles. The minimum Gasteiger partial charge on any atom is -0.315 e. The topological polar surface area (TPSA) is 25.1 Å². The molecule has 0 aliphatic carbocycles. The molecule has 2 aliphatic heterocycles. The summed E-state index contributed by atoms with van der Waals surface area (Å²) >= 11 is 0. The Hall–Kier alpha value is -0.120. The molecule has 2 saturated heterocycles. The predicted molar refractivity (Wildman–Crippen MR) is 50.1 cm³/mol. The van der Waals surface area contributed by atoms with Crippen molar-refractivity contribution >= 4 is 0 Å². The minimum atomic E-state index is 0.0151. The van der Waals surface area contributed by atoms with Gasteiger partial charge in [0.15, 0.2) is 0 Å². The van der Waals surface area contributed by atoms with Gasteiger partial charge in [-0.3, -0.25) is 4.48 Å². The monoisotopic (exact) mass is 186 g/mol. The van der Waals surface area contributed by atoms with Crippen molar-refractivity contribution in [3.63, 3.8) is 0 Å². The minimum absolute atomic E-state index is 0.0151. The zero-order valence-electron chi connectivity index (χ0n) is 9.09. The van der Waals surface area contributed by atoms with Crippen LogP contribution in [0.25, 0.3) is 0 Å². The van der Waals surface area contributed by atoms with Crippen LogP contribution >= 0.6 is 0 Å². The molecule has 0 amide bonds. The van der Waals surface area contributed by atoms with Crippen LogP contribution in [0.5, 0.6) is 0 Å². The second kappa shape index (κ2) is 2.47. The molecule has 2 fully saturated rings. The fourth-order valence-electron chi connectivity index (χ4n) is 2.20. The van der Waals surface area contributed by atoms with Gasteiger partial charge in [0.25, 0.3) is 0 Å². The van der Waals surface area contributed by atoms with Crippen LogP contribution in [0.3, 0.4) is 0 Å². The average molecular weight is 186 g/mol. The number of epoxide rings is 2. The van der Waals surface area contributed by atoms with Gasteiger partial charge < -0.3 is 9.47 Å². The lowest BCUT2D eigenvalue weighted by Crippen LogP contribution is -2.61. The molecule has 2 atom stereocenters. The summed E-state index contributed by atoms with van der Waals surface area (Å²) in [6.45, 7) is 9.48. The highest BCUT2D eigenvalue weighted by molar-refractivity contribution is 4.87. The van der Waals surface area contributed by atoms with Gasteiger partial charge in [0, 0.05) is 13.8 Å². The van der Waals surface area contributed by atoms with Gasteiger partial charge in [0.2, 0.25) is 11.4 Å². The first-order valence-corrected chi connectivity index (χ1v) is 5.11. The molecule has 0 spiro atoms. The van der Waals surface area contributed by atoms with E-state index in [0.29, 0.717) is 0 Å². The molecule has 0 aromatic rings. The van der Waals surface area contributed by atoms with E-state index < -0.39 is 0 Å². The summed E-state index contributed by atoms with van der Waals surface area (Å²) in [4.78, 5) is 0. The van der Waals surface area contributed by atoms with Crippen LogP contribution < -0.4 is 0 Å². The summed E-state index contributed by atoms with van der Waals surface area (Å²) in [7, 11) is 2.25.